The summed E-state index contributed by atoms with van der Waals surface area (Å²) in [4.78, 5) is 31.4. The van der Waals surface area contributed by atoms with Crippen molar-refractivity contribution in [3.8, 4) is 22.9 Å². The standard InChI is InChI=1S/C30H25N9O/c1-18-21(5-2-13-32-18)30(40)36-24-10-7-19-17-20(8-9-22(19)24)39-28(23-6-3-14-33-27(23)31)35-25-11-12-26(37-29(25)39)38-16-4-15-34-38/h2-6,8-9,11-17,24H,7,10H2,1H3,(H2,31,33)(H,36,40)/t24-/m0/s1. The van der Waals surface area contributed by atoms with E-state index in [-0.39, 0.29) is 11.9 Å². The Hall–Kier alpha value is -5.38. The second-order valence-electron chi connectivity index (χ2n) is 9.75. The van der Waals surface area contributed by atoms with Gasteiger partial charge in [0.1, 0.15) is 11.3 Å². The van der Waals surface area contributed by atoms with Crippen molar-refractivity contribution in [2.75, 3.05) is 5.73 Å². The number of anilines is 1. The minimum atomic E-state index is -0.113. The Labute approximate surface area is 229 Å². The smallest absolute Gasteiger partial charge is 0.253 e. The molecule has 10 heteroatoms. The van der Waals surface area contributed by atoms with Crippen molar-refractivity contribution in [1.82, 2.24) is 39.6 Å². The number of pyridine rings is 3. The molecule has 0 saturated heterocycles. The van der Waals surface area contributed by atoms with Crippen molar-refractivity contribution in [2.24, 2.45) is 0 Å². The summed E-state index contributed by atoms with van der Waals surface area (Å²) in [5.74, 6) is 1.61. The number of hydrogen-bond donors (Lipinski definition) is 2. The van der Waals surface area contributed by atoms with E-state index in [9.17, 15) is 4.79 Å². The summed E-state index contributed by atoms with van der Waals surface area (Å²) >= 11 is 0. The lowest BCUT2D eigenvalue weighted by Gasteiger charge is -2.16. The SMILES string of the molecule is Cc1ncccc1C(=O)N[C@H]1CCc2cc(-n3c(-c4cccnc4N)nc4ccc(-n5cccn5)nc43)ccc21. The highest BCUT2D eigenvalue weighted by atomic mass is 16.1. The van der Waals surface area contributed by atoms with E-state index in [2.05, 4.69) is 32.5 Å². The Morgan fingerprint density at radius 3 is 2.70 bits per heavy atom. The molecule has 6 aromatic rings. The maximum Gasteiger partial charge on any atom is 0.253 e. The number of nitrogens with zero attached hydrogens (tertiary/aromatic N) is 7. The van der Waals surface area contributed by atoms with Crippen LogP contribution in [-0.4, -0.2) is 40.2 Å². The molecule has 1 aromatic carbocycles. The van der Waals surface area contributed by atoms with Crippen LogP contribution < -0.4 is 11.1 Å². The molecule has 196 valence electrons. The van der Waals surface area contributed by atoms with Gasteiger partial charge in [-0.3, -0.25) is 14.3 Å². The van der Waals surface area contributed by atoms with Crippen LogP contribution in [0.25, 0.3) is 34.1 Å². The predicted molar refractivity (Wildman–Crippen MR) is 151 cm³/mol. The zero-order chi connectivity index (χ0) is 27.2. The number of carbonyl (C=O) groups is 1. The molecule has 10 nitrogen and oxygen atoms in total. The number of rotatable bonds is 5. The van der Waals surface area contributed by atoms with E-state index in [1.165, 1.54) is 5.56 Å². The third-order valence-electron chi connectivity index (χ3n) is 7.33. The van der Waals surface area contributed by atoms with Crippen molar-refractivity contribution in [2.45, 2.75) is 25.8 Å². The number of benzene rings is 1. The topological polar surface area (TPSA) is 129 Å². The fourth-order valence-electron chi connectivity index (χ4n) is 5.36. The van der Waals surface area contributed by atoms with E-state index >= 15 is 0 Å². The van der Waals surface area contributed by atoms with E-state index < -0.39 is 0 Å². The molecule has 1 aliphatic rings. The van der Waals surface area contributed by atoms with E-state index in [4.69, 9.17) is 15.7 Å². The van der Waals surface area contributed by atoms with Gasteiger partial charge in [-0.05, 0) is 85.5 Å². The number of hydrogen-bond acceptors (Lipinski definition) is 7. The number of nitrogens with one attached hydrogen (secondary N) is 1. The molecule has 0 bridgehead atoms. The molecule has 0 aliphatic heterocycles. The Morgan fingerprint density at radius 1 is 1.00 bits per heavy atom. The molecule has 0 radical (unpaired) electrons. The third kappa shape index (κ3) is 3.97. The van der Waals surface area contributed by atoms with Crippen LogP contribution in [0.2, 0.25) is 0 Å². The Kier molecular flexibility index (Phi) is 5.59. The Bertz CT molecular complexity index is 1890. The van der Waals surface area contributed by atoms with Crippen molar-refractivity contribution in [3.63, 3.8) is 0 Å². The maximum absolute atomic E-state index is 13.0. The summed E-state index contributed by atoms with van der Waals surface area (Å²) in [5.41, 5.74) is 12.9. The maximum atomic E-state index is 13.0. The quantitative estimate of drug-likeness (QED) is 0.340. The molecule has 1 atom stereocenters. The number of imidazole rings is 1. The predicted octanol–water partition coefficient (Wildman–Crippen LogP) is 4.37. The summed E-state index contributed by atoms with van der Waals surface area (Å²) in [6, 6.07) is 19.2. The Morgan fingerprint density at radius 2 is 1.88 bits per heavy atom. The molecule has 7 rings (SSSR count). The van der Waals surface area contributed by atoms with E-state index in [1.54, 1.807) is 35.4 Å². The number of nitrogen functional groups attached to an aromatic ring is 1. The molecule has 0 spiro atoms. The fourth-order valence-corrected chi connectivity index (χ4v) is 5.36. The van der Waals surface area contributed by atoms with Gasteiger partial charge in [0.15, 0.2) is 17.3 Å². The van der Waals surface area contributed by atoms with Gasteiger partial charge in [-0.15, -0.1) is 0 Å². The fraction of sp³-hybridized carbons (Fsp3) is 0.133. The zero-order valence-corrected chi connectivity index (χ0v) is 21.7. The van der Waals surface area contributed by atoms with Gasteiger partial charge in [0.05, 0.1) is 17.2 Å². The lowest BCUT2D eigenvalue weighted by Crippen LogP contribution is -2.27. The minimum Gasteiger partial charge on any atom is -0.383 e. The van der Waals surface area contributed by atoms with E-state index in [0.717, 1.165) is 35.2 Å². The molecule has 0 unspecified atom stereocenters. The van der Waals surface area contributed by atoms with Crippen LogP contribution in [0, 0.1) is 6.92 Å². The molecular formula is C30H25N9O. The van der Waals surface area contributed by atoms with Gasteiger partial charge >= 0.3 is 0 Å². The van der Waals surface area contributed by atoms with Crippen LogP contribution in [0.15, 0.2) is 85.5 Å². The average molecular weight is 528 g/mol. The third-order valence-corrected chi connectivity index (χ3v) is 7.33. The highest BCUT2D eigenvalue weighted by molar-refractivity contribution is 5.95. The van der Waals surface area contributed by atoms with Gasteiger partial charge in [0.2, 0.25) is 0 Å². The first-order valence-corrected chi connectivity index (χ1v) is 13.0. The van der Waals surface area contributed by atoms with Crippen molar-refractivity contribution in [3.05, 3.63) is 108 Å². The zero-order valence-electron chi connectivity index (χ0n) is 21.7. The lowest BCUT2D eigenvalue weighted by molar-refractivity contribution is 0.0935. The van der Waals surface area contributed by atoms with Crippen molar-refractivity contribution in [1.29, 1.82) is 0 Å². The summed E-state index contributed by atoms with van der Waals surface area (Å²) in [7, 11) is 0. The van der Waals surface area contributed by atoms with Crippen LogP contribution in [0.5, 0.6) is 0 Å². The van der Waals surface area contributed by atoms with Crippen LogP contribution >= 0.6 is 0 Å². The number of carbonyl (C=O) groups excluding carboxylic acids is 1. The molecule has 5 heterocycles. The average Bonchev–Trinajstić information content (AvgIpc) is 3.72. The van der Waals surface area contributed by atoms with E-state index in [1.807, 2.05) is 54.1 Å². The first kappa shape index (κ1) is 23.7. The summed E-state index contributed by atoms with van der Waals surface area (Å²) < 4.78 is 3.73. The van der Waals surface area contributed by atoms with Gasteiger partial charge in [-0.25, -0.2) is 19.6 Å². The first-order chi connectivity index (χ1) is 19.6. The number of aryl methyl sites for hydroxylation is 2. The highest BCUT2D eigenvalue weighted by Gasteiger charge is 2.27. The molecule has 5 aromatic heterocycles. The molecule has 0 saturated carbocycles. The first-order valence-electron chi connectivity index (χ1n) is 13.0. The number of aromatic nitrogens is 7. The minimum absolute atomic E-state index is 0.0753. The second kappa shape index (κ2) is 9.42. The van der Waals surface area contributed by atoms with Gasteiger partial charge in [0, 0.05) is 36.2 Å². The van der Waals surface area contributed by atoms with Crippen LogP contribution in [-0.2, 0) is 6.42 Å². The summed E-state index contributed by atoms with van der Waals surface area (Å²) in [6.07, 6.45) is 8.58. The number of amides is 1. The molecule has 1 amide bonds. The van der Waals surface area contributed by atoms with Gasteiger partial charge < -0.3 is 11.1 Å². The summed E-state index contributed by atoms with van der Waals surface area (Å²) in [6.45, 7) is 1.84. The number of nitrogens with two attached hydrogens (primary N) is 1. The van der Waals surface area contributed by atoms with E-state index in [0.29, 0.717) is 34.4 Å². The van der Waals surface area contributed by atoms with Gasteiger partial charge in [-0.2, -0.15) is 5.10 Å². The van der Waals surface area contributed by atoms with Crippen LogP contribution in [0.1, 0.15) is 39.6 Å². The molecule has 40 heavy (non-hydrogen) atoms. The second-order valence-corrected chi connectivity index (χ2v) is 9.75. The van der Waals surface area contributed by atoms with Crippen LogP contribution in [0.4, 0.5) is 5.82 Å². The number of fused-ring (bicyclic) bond motifs is 2. The molecular weight excluding hydrogens is 502 g/mol. The van der Waals surface area contributed by atoms with Gasteiger partial charge in [-0.1, -0.05) is 6.07 Å². The van der Waals surface area contributed by atoms with Crippen LogP contribution in [0.3, 0.4) is 0 Å². The normalized spacial score (nSPS) is 14.4. The summed E-state index contributed by atoms with van der Waals surface area (Å²) in [5, 5.41) is 7.54. The lowest BCUT2D eigenvalue weighted by atomic mass is 10.1. The monoisotopic (exact) mass is 527 g/mol. The largest absolute Gasteiger partial charge is 0.383 e. The van der Waals surface area contributed by atoms with Gasteiger partial charge in [0.25, 0.3) is 5.91 Å². The highest BCUT2D eigenvalue weighted by Crippen LogP contribution is 2.36. The molecule has 0 fully saturated rings. The molecule has 3 N–H and O–H groups in total. The van der Waals surface area contributed by atoms with Crippen molar-refractivity contribution < 1.29 is 4.79 Å². The van der Waals surface area contributed by atoms with Crippen molar-refractivity contribution >= 4 is 22.9 Å². The molecule has 1 aliphatic carbocycles. The Balaban J connectivity index is 1.32.